The smallest absolute Gasteiger partial charge is 0.245 e. The molecule has 2 saturated heterocycles. The number of aromatic nitrogens is 4. The number of ether oxygens (including phenoxy) is 4. The zero-order chi connectivity index (χ0) is 49.4. The number of likely N-dealkylation sites (N-methyl/N-ethyl adjacent to an activating group) is 1. The molecule has 0 bridgehead atoms. The van der Waals surface area contributed by atoms with Crippen LogP contribution in [0, 0.1) is 11.8 Å². The standard InChI is InChI=1S/C55H80N10O6/c1-40(56-2)52(66)61-51(44-13-9-6-10-14-44)54(67)64-30-26-43-25-29-63(39-50(43)64)28-24-41-15-19-46(20-16-41)70-35-33-68-31-32-69-34-36-71-47-21-17-45(18-22-47)59-55-57-27-23-49(60-55)48-37-58-65(53(48)62(3)4)38-42-11-7-5-8-12-42/h5,7-8,11-12,15-16,19-20,23,27,37,40,43-45,47,50-51,56H,6,9-10,13-14,17-18,21-22,24-26,28-36,38-39H2,1-4H3,(H,61,66)(H,57,59,60)/t40-,43-,45?,47?,50-,51?/m0/s1. The third-order valence-electron chi connectivity index (χ3n) is 15.2. The zero-order valence-corrected chi connectivity index (χ0v) is 42.8. The van der Waals surface area contributed by atoms with Crippen molar-refractivity contribution in [3.63, 3.8) is 0 Å². The number of nitrogens with one attached hydrogen (secondary N) is 3. The van der Waals surface area contributed by atoms with Crippen LogP contribution in [-0.2, 0) is 36.8 Å². The molecule has 71 heavy (non-hydrogen) atoms. The first-order chi connectivity index (χ1) is 34.7. The number of nitrogens with zero attached hydrogens (tertiary/aromatic N) is 7. The van der Waals surface area contributed by atoms with Crippen molar-refractivity contribution in [2.75, 3.05) is 97.2 Å². The van der Waals surface area contributed by atoms with Crippen molar-refractivity contribution in [2.24, 2.45) is 11.8 Å². The Hall–Kier alpha value is -5.13. The van der Waals surface area contributed by atoms with Gasteiger partial charge in [-0.15, -0.1) is 0 Å². The van der Waals surface area contributed by atoms with Crippen LogP contribution in [0.15, 0.2) is 73.1 Å². The van der Waals surface area contributed by atoms with Gasteiger partial charge in [-0.25, -0.2) is 14.6 Å². The van der Waals surface area contributed by atoms with Crippen molar-refractivity contribution in [3.8, 4) is 17.0 Å². The largest absolute Gasteiger partial charge is 0.491 e. The molecule has 4 heterocycles. The van der Waals surface area contributed by atoms with Gasteiger partial charge in [0.1, 0.15) is 24.2 Å². The van der Waals surface area contributed by atoms with Crippen molar-refractivity contribution in [1.82, 2.24) is 40.2 Å². The predicted octanol–water partition coefficient (Wildman–Crippen LogP) is 6.44. The van der Waals surface area contributed by atoms with Gasteiger partial charge >= 0.3 is 0 Å². The fourth-order valence-electron chi connectivity index (χ4n) is 11.0. The van der Waals surface area contributed by atoms with E-state index in [1.165, 1.54) is 17.5 Å². The van der Waals surface area contributed by atoms with Crippen LogP contribution in [0.5, 0.6) is 5.75 Å². The first-order valence-corrected chi connectivity index (χ1v) is 26.6. The summed E-state index contributed by atoms with van der Waals surface area (Å²) in [5, 5.41) is 14.5. The first kappa shape index (κ1) is 52.2. The Morgan fingerprint density at radius 2 is 1.55 bits per heavy atom. The summed E-state index contributed by atoms with van der Waals surface area (Å²) in [6.45, 7) is 9.33. The maximum absolute atomic E-state index is 14.2. The van der Waals surface area contributed by atoms with E-state index in [2.05, 4.69) is 72.0 Å². The highest BCUT2D eigenvalue weighted by Crippen LogP contribution is 2.35. The highest BCUT2D eigenvalue weighted by molar-refractivity contribution is 5.90. The zero-order valence-electron chi connectivity index (χ0n) is 42.8. The maximum Gasteiger partial charge on any atom is 0.245 e. The number of carbonyl (C=O) groups excluding carboxylic acids is 2. The SMILES string of the molecule is CN[C@@H](C)C(=O)NC(C(=O)N1CC[C@@H]2CCN(CCc3ccc(OCCOCCOCCOC4CCC(Nc5nccc(-c6cnn(Cc7ccccc7)c6N(C)C)n5)CC4)cc3)C[C@@H]21)C1CCCCC1. The van der Waals surface area contributed by atoms with Gasteiger partial charge < -0.3 is 49.6 Å². The molecule has 2 amide bonds. The van der Waals surface area contributed by atoms with Gasteiger partial charge in [-0.1, -0.05) is 61.7 Å². The van der Waals surface area contributed by atoms with Crippen LogP contribution in [0.4, 0.5) is 11.8 Å². The molecule has 0 radical (unpaired) electrons. The molecule has 2 aliphatic heterocycles. The summed E-state index contributed by atoms with van der Waals surface area (Å²) in [6, 6.07) is 20.4. The van der Waals surface area contributed by atoms with Crippen LogP contribution in [0.1, 0.15) is 88.7 Å². The summed E-state index contributed by atoms with van der Waals surface area (Å²) in [5.74, 6) is 3.27. The first-order valence-electron chi connectivity index (χ1n) is 26.6. The fourth-order valence-corrected chi connectivity index (χ4v) is 11.0. The van der Waals surface area contributed by atoms with Crippen molar-refractivity contribution in [1.29, 1.82) is 0 Å². The lowest BCUT2D eigenvalue weighted by molar-refractivity contribution is -0.140. The number of benzene rings is 2. The van der Waals surface area contributed by atoms with Crippen LogP contribution in [-0.4, -0.2) is 159 Å². The number of amides is 2. The maximum atomic E-state index is 14.2. The minimum absolute atomic E-state index is 0.0871. The number of piperidine rings is 1. The predicted molar refractivity (Wildman–Crippen MR) is 278 cm³/mol. The number of rotatable bonds is 25. The normalized spacial score (nSPS) is 21.6. The number of carbonyl (C=O) groups is 2. The molecule has 2 saturated carbocycles. The average molecular weight is 977 g/mol. The molecular formula is C55H80N10O6. The lowest BCUT2D eigenvalue weighted by atomic mass is 9.83. The average Bonchev–Trinajstić information content (AvgIpc) is 4.03. The minimum Gasteiger partial charge on any atom is -0.491 e. The van der Waals surface area contributed by atoms with Crippen LogP contribution >= 0.6 is 0 Å². The third kappa shape index (κ3) is 14.7. The Morgan fingerprint density at radius 3 is 2.30 bits per heavy atom. The van der Waals surface area contributed by atoms with Crippen molar-refractivity contribution >= 4 is 23.6 Å². The summed E-state index contributed by atoms with van der Waals surface area (Å²) >= 11 is 0. The lowest BCUT2D eigenvalue weighted by Gasteiger charge is -2.41. The quantitative estimate of drug-likeness (QED) is 0.0624. The summed E-state index contributed by atoms with van der Waals surface area (Å²) in [4.78, 5) is 43.4. The van der Waals surface area contributed by atoms with E-state index in [0.29, 0.717) is 64.1 Å². The van der Waals surface area contributed by atoms with Crippen LogP contribution in [0.3, 0.4) is 0 Å². The number of likely N-dealkylation sites (tertiary alicyclic amines) is 2. The van der Waals surface area contributed by atoms with E-state index in [4.69, 9.17) is 29.0 Å². The third-order valence-corrected chi connectivity index (χ3v) is 15.2. The molecule has 4 fully saturated rings. The van der Waals surface area contributed by atoms with Crippen molar-refractivity contribution < 1.29 is 28.5 Å². The van der Waals surface area contributed by atoms with E-state index >= 15 is 0 Å². The molecular weight excluding hydrogens is 897 g/mol. The lowest BCUT2D eigenvalue weighted by Crippen LogP contribution is -2.58. The van der Waals surface area contributed by atoms with E-state index in [1.807, 2.05) is 62.4 Å². The fraction of sp³-hybridized carbons (Fsp3) is 0.618. The Balaban J connectivity index is 0.660. The Labute approximate surface area is 421 Å². The van der Waals surface area contributed by atoms with Gasteiger partial charge in [0.25, 0.3) is 0 Å². The summed E-state index contributed by atoms with van der Waals surface area (Å²) < 4.78 is 25.7. The molecule has 4 aliphatic rings. The number of anilines is 2. The van der Waals surface area contributed by atoms with E-state index in [9.17, 15) is 9.59 Å². The van der Waals surface area contributed by atoms with E-state index in [0.717, 1.165) is 120 Å². The van der Waals surface area contributed by atoms with E-state index in [-0.39, 0.29) is 35.9 Å². The molecule has 2 aliphatic carbocycles. The molecule has 4 aromatic rings. The van der Waals surface area contributed by atoms with E-state index in [1.54, 1.807) is 7.05 Å². The summed E-state index contributed by atoms with van der Waals surface area (Å²) in [6.07, 6.45) is 16.5. The second kappa shape index (κ2) is 26.5. The minimum atomic E-state index is -0.432. The molecule has 2 aromatic heterocycles. The second-order valence-electron chi connectivity index (χ2n) is 20.3. The van der Waals surface area contributed by atoms with Gasteiger partial charge in [-0.3, -0.25) is 9.59 Å². The molecule has 16 nitrogen and oxygen atoms in total. The van der Waals surface area contributed by atoms with Gasteiger partial charge in [-0.05, 0) is 119 Å². The monoisotopic (exact) mass is 977 g/mol. The second-order valence-corrected chi connectivity index (χ2v) is 20.3. The Morgan fingerprint density at radius 1 is 0.817 bits per heavy atom. The van der Waals surface area contributed by atoms with E-state index < -0.39 is 6.04 Å². The molecule has 1 unspecified atom stereocenters. The molecule has 2 aromatic carbocycles. The highest BCUT2D eigenvalue weighted by Gasteiger charge is 2.44. The molecule has 0 spiro atoms. The van der Waals surface area contributed by atoms with Crippen LogP contribution in [0.2, 0.25) is 0 Å². The highest BCUT2D eigenvalue weighted by atomic mass is 16.6. The number of fused-ring (bicyclic) bond motifs is 1. The molecule has 3 N–H and O–H groups in total. The summed E-state index contributed by atoms with van der Waals surface area (Å²) in [7, 11) is 5.86. The topological polar surface area (TPSA) is 160 Å². The van der Waals surface area contributed by atoms with Gasteiger partial charge in [0.2, 0.25) is 17.8 Å². The van der Waals surface area contributed by atoms with Crippen molar-refractivity contribution in [2.45, 2.75) is 121 Å². The Bertz CT molecular complexity index is 2230. The summed E-state index contributed by atoms with van der Waals surface area (Å²) in [5.41, 5.74) is 4.29. The molecule has 16 heteroatoms. The van der Waals surface area contributed by atoms with Crippen molar-refractivity contribution in [3.05, 3.63) is 84.2 Å². The Kier molecular flexibility index (Phi) is 19.5. The van der Waals surface area contributed by atoms with Crippen LogP contribution < -0.4 is 25.6 Å². The number of hydrogen-bond acceptors (Lipinski definition) is 13. The van der Waals surface area contributed by atoms with Gasteiger partial charge in [0.15, 0.2) is 0 Å². The molecule has 4 atom stereocenters. The molecule has 8 rings (SSSR count). The molecule has 386 valence electrons. The van der Waals surface area contributed by atoms with Gasteiger partial charge in [0.05, 0.1) is 69.2 Å². The van der Waals surface area contributed by atoms with Gasteiger partial charge in [-0.2, -0.15) is 5.10 Å². The van der Waals surface area contributed by atoms with Gasteiger partial charge in [0, 0.05) is 52.0 Å². The number of hydrogen-bond donors (Lipinski definition) is 3. The van der Waals surface area contributed by atoms with Crippen LogP contribution in [0.25, 0.3) is 11.3 Å².